The molecule has 1 aliphatic heterocycles. The fourth-order valence-corrected chi connectivity index (χ4v) is 3.75. The van der Waals surface area contributed by atoms with Gasteiger partial charge in [-0.3, -0.25) is 4.68 Å². The van der Waals surface area contributed by atoms with Gasteiger partial charge in [0.25, 0.3) is 6.43 Å². The van der Waals surface area contributed by atoms with E-state index in [2.05, 4.69) is 10.3 Å². The van der Waals surface area contributed by atoms with Crippen LogP contribution in [0.2, 0.25) is 5.15 Å². The van der Waals surface area contributed by atoms with Crippen LogP contribution in [0.1, 0.15) is 38.0 Å². The first-order valence-corrected chi connectivity index (χ1v) is 8.04. The number of rotatable bonds is 3. The van der Waals surface area contributed by atoms with E-state index < -0.39 is 33.3 Å². The van der Waals surface area contributed by atoms with Gasteiger partial charge in [-0.25, -0.2) is 17.2 Å². The lowest BCUT2D eigenvalue weighted by atomic mass is 10.1. The van der Waals surface area contributed by atoms with Gasteiger partial charge in [0.05, 0.1) is 5.75 Å². The number of nitrogens with zero attached hydrogens (tertiary/aromatic N) is 3. The van der Waals surface area contributed by atoms with Gasteiger partial charge in [-0.05, 0) is 13.8 Å². The Hall–Kier alpha value is -1.22. The van der Waals surface area contributed by atoms with Gasteiger partial charge in [-0.2, -0.15) is 5.10 Å². The van der Waals surface area contributed by atoms with Crippen molar-refractivity contribution in [2.45, 2.75) is 38.0 Å². The zero-order valence-corrected chi connectivity index (χ0v) is 13.2. The number of alkyl halides is 2. The van der Waals surface area contributed by atoms with Crippen LogP contribution in [0.25, 0.3) is 0 Å². The first-order valence-electron chi connectivity index (χ1n) is 6.01. The van der Waals surface area contributed by atoms with Gasteiger partial charge < -0.3 is 4.84 Å². The van der Waals surface area contributed by atoms with Gasteiger partial charge in [-0.15, -0.1) is 0 Å². The summed E-state index contributed by atoms with van der Waals surface area (Å²) in [6.07, 6.45) is -2.83. The molecule has 0 N–H and O–H groups in total. The molecule has 1 aliphatic rings. The number of oxime groups is 1. The molecule has 0 amide bonds. The molecule has 0 saturated heterocycles. The lowest BCUT2D eigenvalue weighted by Crippen LogP contribution is -2.23. The minimum Gasteiger partial charge on any atom is -0.389 e. The molecule has 6 nitrogen and oxygen atoms in total. The van der Waals surface area contributed by atoms with E-state index in [-0.39, 0.29) is 22.2 Å². The molecule has 1 aromatic heterocycles. The number of hydrogen-bond acceptors (Lipinski definition) is 5. The summed E-state index contributed by atoms with van der Waals surface area (Å²) >= 11 is 5.86. The van der Waals surface area contributed by atoms with E-state index in [0.29, 0.717) is 0 Å². The van der Waals surface area contributed by atoms with Crippen molar-refractivity contribution >= 4 is 26.5 Å². The topological polar surface area (TPSA) is 73.5 Å². The molecule has 0 spiro atoms. The van der Waals surface area contributed by atoms with Crippen molar-refractivity contribution in [1.82, 2.24) is 9.78 Å². The molecule has 0 aromatic carbocycles. The third kappa shape index (κ3) is 3.18. The first kappa shape index (κ1) is 16.2. The molecule has 0 fully saturated rings. The van der Waals surface area contributed by atoms with Gasteiger partial charge in [0.2, 0.25) is 0 Å². The molecule has 2 rings (SSSR count). The third-order valence-electron chi connectivity index (χ3n) is 2.97. The Morgan fingerprint density at radius 1 is 1.48 bits per heavy atom. The first-order chi connectivity index (χ1) is 9.53. The van der Waals surface area contributed by atoms with Gasteiger partial charge in [-0.1, -0.05) is 16.8 Å². The highest BCUT2D eigenvalue weighted by atomic mass is 35.5. The van der Waals surface area contributed by atoms with E-state index in [4.69, 9.17) is 16.4 Å². The second kappa shape index (κ2) is 5.20. The Kier molecular flexibility index (Phi) is 4.00. The van der Waals surface area contributed by atoms with Gasteiger partial charge in [0, 0.05) is 19.0 Å². The molecule has 0 unspecified atom stereocenters. The van der Waals surface area contributed by atoms with Crippen LogP contribution < -0.4 is 0 Å². The van der Waals surface area contributed by atoms with Crippen molar-refractivity contribution in [2.75, 3.05) is 0 Å². The van der Waals surface area contributed by atoms with Crippen LogP contribution in [0.5, 0.6) is 0 Å². The summed E-state index contributed by atoms with van der Waals surface area (Å²) in [5, 5.41) is 6.78. The van der Waals surface area contributed by atoms with E-state index in [1.165, 1.54) is 7.05 Å². The second-order valence-electron chi connectivity index (χ2n) is 5.35. The van der Waals surface area contributed by atoms with Crippen LogP contribution in [0.3, 0.4) is 0 Å². The van der Waals surface area contributed by atoms with E-state index in [1.54, 1.807) is 13.8 Å². The van der Waals surface area contributed by atoms with Crippen LogP contribution in [0.15, 0.2) is 5.16 Å². The lowest BCUT2D eigenvalue weighted by Gasteiger charge is -2.13. The van der Waals surface area contributed by atoms with Crippen LogP contribution in [-0.4, -0.2) is 28.8 Å². The highest BCUT2D eigenvalue weighted by molar-refractivity contribution is 8.05. The molecule has 2 heterocycles. The number of aryl methyl sites for hydroxylation is 1. The largest absolute Gasteiger partial charge is 0.389 e. The van der Waals surface area contributed by atoms with Crippen molar-refractivity contribution in [3.05, 3.63) is 16.4 Å². The van der Waals surface area contributed by atoms with Gasteiger partial charge in [0.1, 0.15) is 16.4 Å². The van der Waals surface area contributed by atoms with Crippen LogP contribution >= 0.6 is 11.6 Å². The van der Waals surface area contributed by atoms with E-state index in [0.717, 1.165) is 4.68 Å². The highest BCUT2D eigenvalue weighted by Gasteiger charge is 2.37. The van der Waals surface area contributed by atoms with E-state index in [1.807, 2.05) is 0 Å². The summed E-state index contributed by atoms with van der Waals surface area (Å²) < 4.78 is 51.4. The average Bonchev–Trinajstić information content (AvgIpc) is 2.84. The highest BCUT2D eigenvalue weighted by Crippen LogP contribution is 2.31. The number of hydrogen-bond donors (Lipinski definition) is 0. The van der Waals surface area contributed by atoms with Crippen LogP contribution in [-0.2, 0) is 27.5 Å². The van der Waals surface area contributed by atoms with E-state index in [9.17, 15) is 17.2 Å². The Bertz CT molecular complexity index is 698. The smallest absolute Gasteiger partial charge is 0.282 e. The monoisotopic (exact) mass is 341 g/mol. The SMILES string of the molecule is Cn1nc(C(F)F)c(CS(=O)(=O)C2=NOC(C)(C)C2)c1Cl. The van der Waals surface area contributed by atoms with Crippen molar-refractivity contribution in [3.8, 4) is 0 Å². The van der Waals surface area contributed by atoms with Crippen LogP contribution in [0.4, 0.5) is 8.78 Å². The van der Waals surface area contributed by atoms with E-state index >= 15 is 0 Å². The molecule has 0 aliphatic carbocycles. The normalized spacial score (nSPS) is 18.0. The summed E-state index contributed by atoms with van der Waals surface area (Å²) in [5.41, 5.74) is -1.57. The minimum atomic E-state index is -3.90. The van der Waals surface area contributed by atoms with Crippen molar-refractivity contribution in [3.63, 3.8) is 0 Å². The average molecular weight is 342 g/mol. The Labute approximate surface area is 125 Å². The quantitative estimate of drug-likeness (QED) is 0.846. The number of halogens is 3. The fraction of sp³-hybridized carbons (Fsp3) is 0.636. The number of sulfone groups is 1. The maximum atomic E-state index is 12.9. The molecule has 10 heteroatoms. The van der Waals surface area contributed by atoms with Crippen molar-refractivity contribution < 1.29 is 22.0 Å². The Morgan fingerprint density at radius 2 is 2.10 bits per heavy atom. The lowest BCUT2D eigenvalue weighted by molar-refractivity contribution is 0.0123. The molecule has 0 radical (unpaired) electrons. The molecule has 1 aromatic rings. The molecular formula is C11H14ClF2N3O3S. The standard InChI is InChI=1S/C11H14ClF2N3O3S/c1-11(2)4-7(16-20-11)21(18,19)5-6-8(10(13)14)15-17(3)9(6)12/h10H,4-5H2,1-3H3. The molecule has 0 saturated carbocycles. The molecule has 118 valence electrons. The van der Waals surface area contributed by atoms with Gasteiger partial charge >= 0.3 is 0 Å². The molecule has 21 heavy (non-hydrogen) atoms. The Balaban J connectivity index is 2.34. The summed E-state index contributed by atoms with van der Waals surface area (Å²) in [7, 11) is -2.53. The molecular weight excluding hydrogens is 328 g/mol. The maximum Gasteiger partial charge on any atom is 0.282 e. The fourth-order valence-electron chi connectivity index (χ4n) is 1.92. The molecule has 0 bridgehead atoms. The third-order valence-corrected chi connectivity index (χ3v) is 5.05. The summed E-state index contributed by atoms with van der Waals surface area (Å²) in [6, 6.07) is 0. The summed E-state index contributed by atoms with van der Waals surface area (Å²) in [6.45, 7) is 3.36. The van der Waals surface area contributed by atoms with Gasteiger partial charge in [0.15, 0.2) is 14.9 Å². The maximum absolute atomic E-state index is 12.9. The van der Waals surface area contributed by atoms with Crippen molar-refractivity contribution in [2.24, 2.45) is 12.2 Å². The van der Waals surface area contributed by atoms with Crippen LogP contribution in [0, 0.1) is 0 Å². The summed E-state index contributed by atoms with van der Waals surface area (Å²) in [4.78, 5) is 5.00. The minimum absolute atomic E-state index is 0.0806. The van der Waals surface area contributed by atoms with Crippen molar-refractivity contribution in [1.29, 1.82) is 0 Å². The molecule has 0 atom stereocenters. The summed E-state index contributed by atoms with van der Waals surface area (Å²) in [5.74, 6) is -0.683. The predicted octanol–water partition coefficient (Wildman–Crippen LogP) is 2.44. The zero-order chi connectivity index (χ0) is 16.0. The zero-order valence-electron chi connectivity index (χ0n) is 11.6. The number of aromatic nitrogens is 2. The second-order valence-corrected chi connectivity index (χ2v) is 7.70. The Morgan fingerprint density at radius 3 is 2.57 bits per heavy atom. The predicted molar refractivity (Wildman–Crippen MR) is 73.0 cm³/mol.